The standard InChI is InChI=1S/C21H20N4O2/c1-14(16-6-4-15(11-22)5-7-16)25(2)21-13-23-12-18(24-21)17-8-9-19(26)20(10-17)27-3/h4-10,12-14,26H,1-3H3/t14-/m1/s1. The maximum Gasteiger partial charge on any atom is 0.161 e. The number of phenolic OH excluding ortho intramolecular Hbond substituents is 1. The van der Waals surface area contributed by atoms with Crippen molar-refractivity contribution < 1.29 is 9.84 Å². The second-order valence-electron chi connectivity index (χ2n) is 6.17. The number of phenols is 1. The van der Waals surface area contributed by atoms with Crippen molar-refractivity contribution >= 4 is 5.82 Å². The van der Waals surface area contributed by atoms with E-state index in [0.29, 0.717) is 17.0 Å². The van der Waals surface area contributed by atoms with Gasteiger partial charge < -0.3 is 14.7 Å². The number of anilines is 1. The van der Waals surface area contributed by atoms with Crippen molar-refractivity contribution in [2.75, 3.05) is 19.1 Å². The molecule has 3 rings (SSSR count). The van der Waals surface area contributed by atoms with Crippen LogP contribution in [-0.4, -0.2) is 29.2 Å². The fraction of sp³-hybridized carbons (Fsp3) is 0.190. The average molecular weight is 360 g/mol. The third-order valence-corrected chi connectivity index (χ3v) is 4.56. The topological polar surface area (TPSA) is 82.3 Å². The third-order valence-electron chi connectivity index (χ3n) is 4.56. The Kier molecular flexibility index (Phi) is 5.23. The number of hydrogen-bond acceptors (Lipinski definition) is 6. The molecule has 1 N–H and O–H groups in total. The first kappa shape index (κ1) is 18.2. The Bertz CT molecular complexity index is 980. The maximum absolute atomic E-state index is 9.77. The van der Waals surface area contributed by atoms with Crippen molar-refractivity contribution in [3.05, 3.63) is 66.0 Å². The van der Waals surface area contributed by atoms with Gasteiger partial charge in [0.2, 0.25) is 0 Å². The first-order valence-electron chi connectivity index (χ1n) is 8.45. The quantitative estimate of drug-likeness (QED) is 0.742. The molecule has 0 fully saturated rings. The molecular weight excluding hydrogens is 340 g/mol. The monoisotopic (exact) mass is 360 g/mol. The number of benzene rings is 2. The molecule has 0 aliphatic rings. The van der Waals surface area contributed by atoms with Crippen molar-refractivity contribution in [1.82, 2.24) is 9.97 Å². The van der Waals surface area contributed by atoms with Crippen LogP contribution in [0.5, 0.6) is 11.5 Å². The summed E-state index contributed by atoms with van der Waals surface area (Å²) in [6.07, 6.45) is 3.39. The summed E-state index contributed by atoms with van der Waals surface area (Å²) >= 11 is 0. The van der Waals surface area contributed by atoms with Crippen LogP contribution < -0.4 is 9.64 Å². The van der Waals surface area contributed by atoms with Gasteiger partial charge in [0.25, 0.3) is 0 Å². The Morgan fingerprint density at radius 2 is 1.89 bits per heavy atom. The first-order chi connectivity index (χ1) is 13.0. The van der Waals surface area contributed by atoms with Gasteiger partial charge in [-0.3, -0.25) is 4.98 Å². The van der Waals surface area contributed by atoms with Gasteiger partial charge in [0, 0.05) is 12.6 Å². The predicted octanol–water partition coefficient (Wildman–Crippen LogP) is 3.93. The second kappa shape index (κ2) is 7.75. The summed E-state index contributed by atoms with van der Waals surface area (Å²) in [5.74, 6) is 1.19. The molecule has 0 radical (unpaired) electrons. The SMILES string of the molecule is COc1cc(-c2cncc(N(C)[C@H](C)c3ccc(C#N)cc3)n2)ccc1O. The lowest BCUT2D eigenvalue weighted by Gasteiger charge is -2.26. The second-order valence-corrected chi connectivity index (χ2v) is 6.17. The van der Waals surface area contributed by atoms with Gasteiger partial charge in [-0.1, -0.05) is 12.1 Å². The van der Waals surface area contributed by atoms with Crippen LogP contribution in [0.2, 0.25) is 0 Å². The van der Waals surface area contributed by atoms with E-state index in [1.807, 2.05) is 36.2 Å². The molecule has 136 valence electrons. The molecule has 0 saturated carbocycles. The molecule has 1 heterocycles. The van der Waals surface area contributed by atoms with Crippen LogP contribution in [-0.2, 0) is 0 Å². The summed E-state index contributed by atoms with van der Waals surface area (Å²) in [6, 6.07) is 14.8. The predicted molar refractivity (Wildman–Crippen MR) is 104 cm³/mol. The highest BCUT2D eigenvalue weighted by Crippen LogP contribution is 2.31. The van der Waals surface area contributed by atoms with Crippen LogP contribution in [0, 0.1) is 11.3 Å². The van der Waals surface area contributed by atoms with Gasteiger partial charge in [-0.2, -0.15) is 5.26 Å². The van der Waals surface area contributed by atoms with Gasteiger partial charge in [0.1, 0.15) is 5.82 Å². The van der Waals surface area contributed by atoms with Crippen molar-refractivity contribution in [3.63, 3.8) is 0 Å². The Morgan fingerprint density at radius 1 is 1.15 bits per heavy atom. The largest absolute Gasteiger partial charge is 0.504 e. The molecule has 1 aromatic heterocycles. The number of methoxy groups -OCH3 is 1. The van der Waals surface area contributed by atoms with E-state index >= 15 is 0 Å². The molecular formula is C21H20N4O2. The average Bonchev–Trinajstić information content (AvgIpc) is 2.73. The zero-order valence-electron chi connectivity index (χ0n) is 15.4. The zero-order valence-corrected chi connectivity index (χ0v) is 15.4. The molecule has 1 atom stereocenters. The molecule has 3 aromatic rings. The van der Waals surface area contributed by atoms with Gasteiger partial charge in [0.05, 0.1) is 42.9 Å². The van der Waals surface area contributed by atoms with E-state index in [4.69, 9.17) is 15.0 Å². The van der Waals surface area contributed by atoms with E-state index in [0.717, 1.165) is 16.9 Å². The lowest BCUT2D eigenvalue weighted by molar-refractivity contribution is 0.373. The molecule has 0 spiro atoms. The molecule has 0 saturated heterocycles. The van der Waals surface area contributed by atoms with E-state index in [2.05, 4.69) is 18.0 Å². The van der Waals surface area contributed by atoms with Gasteiger partial charge in [-0.15, -0.1) is 0 Å². The fourth-order valence-electron chi connectivity index (χ4n) is 2.76. The highest BCUT2D eigenvalue weighted by molar-refractivity contribution is 5.64. The van der Waals surface area contributed by atoms with Crippen LogP contribution in [0.15, 0.2) is 54.9 Å². The summed E-state index contributed by atoms with van der Waals surface area (Å²) in [6.45, 7) is 2.07. The van der Waals surface area contributed by atoms with Crippen molar-refractivity contribution in [3.8, 4) is 28.8 Å². The minimum atomic E-state index is 0.0525. The van der Waals surface area contributed by atoms with E-state index in [-0.39, 0.29) is 11.8 Å². The van der Waals surface area contributed by atoms with Crippen molar-refractivity contribution in [1.29, 1.82) is 5.26 Å². The van der Waals surface area contributed by atoms with E-state index in [1.54, 1.807) is 30.6 Å². The molecule has 0 aliphatic heterocycles. The van der Waals surface area contributed by atoms with Gasteiger partial charge in [-0.05, 0) is 42.8 Å². The molecule has 27 heavy (non-hydrogen) atoms. The number of aromatic nitrogens is 2. The summed E-state index contributed by atoms with van der Waals surface area (Å²) in [5, 5.41) is 18.7. The lowest BCUT2D eigenvalue weighted by Crippen LogP contribution is -2.23. The van der Waals surface area contributed by atoms with Crippen molar-refractivity contribution in [2.45, 2.75) is 13.0 Å². The Hall–Kier alpha value is -3.59. The van der Waals surface area contributed by atoms with Crippen LogP contribution in [0.3, 0.4) is 0 Å². The number of ether oxygens (including phenoxy) is 1. The summed E-state index contributed by atoms with van der Waals surface area (Å²) < 4.78 is 5.17. The number of nitriles is 1. The lowest BCUT2D eigenvalue weighted by atomic mass is 10.1. The molecule has 6 nitrogen and oxygen atoms in total. The maximum atomic E-state index is 9.77. The van der Waals surface area contributed by atoms with Crippen LogP contribution in [0.25, 0.3) is 11.3 Å². The Labute approximate surface area is 158 Å². The zero-order chi connectivity index (χ0) is 19.4. The smallest absolute Gasteiger partial charge is 0.161 e. The number of aromatic hydroxyl groups is 1. The molecule has 2 aromatic carbocycles. The summed E-state index contributed by atoms with van der Waals surface area (Å²) in [7, 11) is 3.46. The summed E-state index contributed by atoms with van der Waals surface area (Å²) in [4.78, 5) is 11.0. The Morgan fingerprint density at radius 3 is 2.56 bits per heavy atom. The normalized spacial score (nSPS) is 11.5. The number of hydrogen-bond donors (Lipinski definition) is 1. The van der Waals surface area contributed by atoms with Crippen molar-refractivity contribution in [2.24, 2.45) is 0 Å². The molecule has 6 heteroatoms. The number of nitrogens with zero attached hydrogens (tertiary/aromatic N) is 4. The van der Waals surface area contributed by atoms with Gasteiger partial charge in [-0.25, -0.2) is 4.98 Å². The minimum Gasteiger partial charge on any atom is -0.504 e. The minimum absolute atomic E-state index is 0.0525. The van der Waals surface area contributed by atoms with Crippen LogP contribution >= 0.6 is 0 Å². The third kappa shape index (κ3) is 3.82. The van der Waals surface area contributed by atoms with E-state index < -0.39 is 0 Å². The molecule has 0 amide bonds. The molecule has 0 unspecified atom stereocenters. The summed E-state index contributed by atoms with van der Waals surface area (Å²) in [5.41, 5.74) is 3.20. The van der Waals surface area contributed by atoms with E-state index in [9.17, 15) is 5.11 Å². The fourth-order valence-corrected chi connectivity index (χ4v) is 2.76. The van der Waals surface area contributed by atoms with Gasteiger partial charge in [0.15, 0.2) is 11.5 Å². The van der Waals surface area contributed by atoms with Gasteiger partial charge >= 0.3 is 0 Å². The first-order valence-corrected chi connectivity index (χ1v) is 8.45. The molecule has 0 bridgehead atoms. The van der Waals surface area contributed by atoms with Crippen LogP contribution in [0.1, 0.15) is 24.1 Å². The highest BCUT2D eigenvalue weighted by Gasteiger charge is 2.15. The van der Waals surface area contributed by atoms with Crippen LogP contribution in [0.4, 0.5) is 5.82 Å². The molecule has 0 aliphatic carbocycles. The Balaban J connectivity index is 1.89. The highest BCUT2D eigenvalue weighted by atomic mass is 16.5. The number of rotatable bonds is 5. The van der Waals surface area contributed by atoms with E-state index in [1.165, 1.54) is 7.11 Å².